The summed E-state index contributed by atoms with van der Waals surface area (Å²) in [5.74, 6) is -0.0457. The monoisotopic (exact) mass is 441 g/mol. The fraction of sp³-hybridized carbons (Fsp3) is 0.160. The molecule has 5 rings (SSSR count). The molecule has 1 amide bonds. The van der Waals surface area contributed by atoms with Crippen molar-refractivity contribution in [2.24, 2.45) is 0 Å². The van der Waals surface area contributed by atoms with Gasteiger partial charge < -0.3 is 20.5 Å². The smallest absolute Gasteiger partial charge is 0.226 e. The Morgan fingerprint density at radius 1 is 1.03 bits per heavy atom. The zero-order chi connectivity index (χ0) is 21.9. The van der Waals surface area contributed by atoms with Gasteiger partial charge in [-0.3, -0.25) is 9.78 Å². The first-order chi connectivity index (χ1) is 15.7. The van der Waals surface area contributed by atoms with Crippen LogP contribution in [0, 0.1) is 0 Å². The highest BCUT2D eigenvalue weighted by atomic mass is 32.1. The first-order valence-electron chi connectivity index (χ1n) is 10.6. The predicted molar refractivity (Wildman–Crippen MR) is 130 cm³/mol. The second kappa shape index (κ2) is 8.80. The zero-order valence-electron chi connectivity index (χ0n) is 17.4. The van der Waals surface area contributed by atoms with Gasteiger partial charge in [-0.25, -0.2) is 0 Å². The lowest BCUT2D eigenvalue weighted by atomic mass is 10.0. The molecule has 2 atom stereocenters. The van der Waals surface area contributed by atoms with E-state index in [1.165, 1.54) is 0 Å². The maximum atomic E-state index is 12.8. The van der Waals surface area contributed by atoms with E-state index in [2.05, 4.69) is 25.5 Å². The number of H-pyrrole nitrogens is 1. The van der Waals surface area contributed by atoms with Gasteiger partial charge >= 0.3 is 0 Å². The first-order valence-corrected chi connectivity index (χ1v) is 11.0. The van der Waals surface area contributed by atoms with Crippen LogP contribution in [0.25, 0.3) is 10.8 Å². The van der Waals surface area contributed by atoms with Crippen LogP contribution in [0.1, 0.15) is 29.9 Å². The molecule has 0 unspecified atom stereocenters. The van der Waals surface area contributed by atoms with Crippen molar-refractivity contribution >= 4 is 39.7 Å². The van der Waals surface area contributed by atoms with E-state index in [-0.39, 0.29) is 18.0 Å². The second-order valence-electron chi connectivity index (χ2n) is 7.77. The minimum absolute atomic E-state index is 0.0457. The molecule has 7 heteroatoms. The fourth-order valence-corrected chi connectivity index (χ4v) is 4.61. The number of benzene rings is 2. The summed E-state index contributed by atoms with van der Waals surface area (Å²) in [6.45, 7) is 0.495. The predicted octanol–water partition coefficient (Wildman–Crippen LogP) is 4.56. The van der Waals surface area contributed by atoms with Crippen molar-refractivity contribution in [3.05, 3.63) is 96.6 Å². The van der Waals surface area contributed by atoms with Crippen molar-refractivity contribution < 1.29 is 4.79 Å². The highest BCUT2D eigenvalue weighted by Gasteiger charge is 2.40. The van der Waals surface area contributed by atoms with E-state index >= 15 is 0 Å². The van der Waals surface area contributed by atoms with Gasteiger partial charge in [0.05, 0.1) is 17.8 Å². The number of pyridine rings is 1. The average Bonchev–Trinajstić information content (AvgIpc) is 3.46. The third-order valence-electron chi connectivity index (χ3n) is 5.78. The van der Waals surface area contributed by atoms with E-state index in [9.17, 15) is 4.79 Å². The zero-order valence-corrected chi connectivity index (χ0v) is 18.2. The fourth-order valence-electron chi connectivity index (χ4n) is 4.28. The van der Waals surface area contributed by atoms with Crippen molar-refractivity contribution in [3.8, 4) is 0 Å². The number of aromatic nitrogens is 2. The number of fused-ring (bicyclic) bond motifs is 1. The van der Waals surface area contributed by atoms with Gasteiger partial charge in [0.2, 0.25) is 5.91 Å². The minimum atomic E-state index is -0.0940. The summed E-state index contributed by atoms with van der Waals surface area (Å²) in [5.41, 5.74) is 2.77. The standard InChI is InChI=1S/C25H23N5OS/c31-22(28-19-11-5-8-17-7-1-2-9-18(17)19)13-16-30-24(21-12-6-15-27-21)23(29-25(30)32)20-10-3-4-14-26-20/h1-12,14-15,23-24,27H,13,16H2,(H,28,31)(H,29,32)/t23-,24+/m1/s1. The van der Waals surface area contributed by atoms with Crippen LogP contribution in [0.5, 0.6) is 0 Å². The van der Waals surface area contributed by atoms with Gasteiger partial charge in [-0.1, -0.05) is 42.5 Å². The molecule has 3 heterocycles. The summed E-state index contributed by atoms with van der Waals surface area (Å²) >= 11 is 5.65. The summed E-state index contributed by atoms with van der Waals surface area (Å²) in [7, 11) is 0. The van der Waals surface area contributed by atoms with Gasteiger partial charge in [0.15, 0.2) is 5.11 Å². The quantitative estimate of drug-likeness (QED) is 0.383. The number of hydrogen-bond acceptors (Lipinski definition) is 3. The molecule has 2 aromatic heterocycles. The van der Waals surface area contributed by atoms with E-state index in [1.807, 2.05) is 79.0 Å². The van der Waals surface area contributed by atoms with Crippen LogP contribution >= 0.6 is 12.2 Å². The van der Waals surface area contributed by atoms with Crippen molar-refractivity contribution in [3.63, 3.8) is 0 Å². The molecule has 4 aromatic rings. The molecule has 1 fully saturated rings. The lowest BCUT2D eigenvalue weighted by Crippen LogP contribution is -2.32. The average molecular weight is 442 g/mol. The van der Waals surface area contributed by atoms with Crippen LogP contribution in [-0.4, -0.2) is 32.4 Å². The Balaban J connectivity index is 1.33. The Hall–Kier alpha value is -3.71. The van der Waals surface area contributed by atoms with Gasteiger partial charge in [0, 0.05) is 42.1 Å². The summed E-state index contributed by atoms with van der Waals surface area (Å²) in [4.78, 5) is 22.8. The third-order valence-corrected chi connectivity index (χ3v) is 6.13. The van der Waals surface area contributed by atoms with Crippen molar-refractivity contribution in [2.45, 2.75) is 18.5 Å². The molecular weight excluding hydrogens is 418 g/mol. The molecular formula is C25H23N5OS. The number of anilines is 1. The number of carbonyl (C=O) groups is 1. The highest BCUT2D eigenvalue weighted by Crippen LogP contribution is 2.37. The van der Waals surface area contributed by atoms with Gasteiger partial charge in [-0.15, -0.1) is 0 Å². The number of hydrogen-bond donors (Lipinski definition) is 3. The maximum Gasteiger partial charge on any atom is 0.226 e. The van der Waals surface area contributed by atoms with Crippen molar-refractivity contribution in [2.75, 3.05) is 11.9 Å². The maximum absolute atomic E-state index is 12.8. The summed E-state index contributed by atoms with van der Waals surface area (Å²) in [5, 5.41) is 9.22. The number of amides is 1. The third kappa shape index (κ3) is 3.94. The van der Waals surface area contributed by atoms with Gasteiger partial charge in [-0.2, -0.15) is 0 Å². The Morgan fingerprint density at radius 3 is 2.69 bits per heavy atom. The Morgan fingerprint density at radius 2 is 1.88 bits per heavy atom. The van der Waals surface area contributed by atoms with Crippen LogP contribution in [0.3, 0.4) is 0 Å². The Labute approximate surface area is 191 Å². The molecule has 0 spiro atoms. The first kappa shape index (κ1) is 20.2. The molecule has 2 aromatic carbocycles. The number of carbonyl (C=O) groups excluding carboxylic acids is 1. The largest absolute Gasteiger partial charge is 0.363 e. The van der Waals surface area contributed by atoms with Crippen LogP contribution in [0.4, 0.5) is 5.69 Å². The second-order valence-corrected chi connectivity index (χ2v) is 8.16. The molecule has 1 saturated heterocycles. The van der Waals surface area contributed by atoms with E-state index in [0.29, 0.717) is 18.1 Å². The number of nitrogens with zero attached hydrogens (tertiary/aromatic N) is 2. The number of nitrogens with one attached hydrogen (secondary N) is 3. The Bertz CT molecular complexity index is 1240. The molecule has 1 aliphatic heterocycles. The molecule has 1 aliphatic rings. The topological polar surface area (TPSA) is 73.0 Å². The van der Waals surface area contributed by atoms with E-state index in [4.69, 9.17) is 12.2 Å². The summed E-state index contributed by atoms with van der Waals surface area (Å²) in [6, 6.07) is 23.7. The van der Waals surface area contributed by atoms with Crippen LogP contribution in [-0.2, 0) is 4.79 Å². The lowest BCUT2D eigenvalue weighted by molar-refractivity contribution is -0.116. The molecule has 160 valence electrons. The minimum Gasteiger partial charge on any atom is -0.363 e. The van der Waals surface area contributed by atoms with Crippen LogP contribution in [0.2, 0.25) is 0 Å². The van der Waals surface area contributed by atoms with Crippen LogP contribution < -0.4 is 10.6 Å². The van der Waals surface area contributed by atoms with Gasteiger partial charge in [0.25, 0.3) is 0 Å². The van der Waals surface area contributed by atoms with E-state index in [0.717, 1.165) is 27.8 Å². The van der Waals surface area contributed by atoms with Gasteiger partial charge in [-0.05, 0) is 47.9 Å². The highest BCUT2D eigenvalue weighted by molar-refractivity contribution is 7.80. The molecule has 0 aliphatic carbocycles. The molecule has 3 N–H and O–H groups in total. The van der Waals surface area contributed by atoms with E-state index in [1.54, 1.807) is 6.20 Å². The van der Waals surface area contributed by atoms with Crippen molar-refractivity contribution in [1.29, 1.82) is 0 Å². The normalized spacial score (nSPS) is 18.0. The molecule has 32 heavy (non-hydrogen) atoms. The Kier molecular flexibility index (Phi) is 5.56. The molecule has 6 nitrogen and oxygen atoms in total. The SMILES string of the molecule is O=C(CCN1C(=S)N[C@H](c2ccccn2)[C@@H]1c1ccc[nH]1)Nc1cccc2ccccc12. The number of thiocarbonyl (C=S) groups is 1. The summed E-state index contributed by atoms with van der Waals surface area (Å²) < 4.78 is 0. The van der Waals surface area contributed by atoms with Crippen molar-refractivity contribution in [1.82, 2.24) is 20.2 Å². The van der Waals surface area contributed by atoms with Crippen LogP contribution in [0.15, 0.2) is 85.2 Å². The molecule has 0 saturated carbocycles. The number of aromatic amines is 1. The molecule has 0 bridgehead atoms. The van der Waals surface area contributed by atoms with E-state index < -0.39 is 0 Å². The summed E-state index contributed by atoms with van der Waals surface area (Å²) in [6.07, 6.45) is 4.00. The van der Waals surface area contributed by atoms with Gasteiger partial charge in [0.1, 0.15) is 0 Å². The lowest BCUT2D eigenvalue weighted by Gasteiger charge is -2.26. The molecule has 0 radical (unpaired) electrons. The number of rotatable bonds is 6.